The van der Waals surface area contributed by atoms with Crippen LogP contribution in [0.2, 0.25) is 0 Å². The lowest BCUT2D eigenvalue weighted by atomic mass is 9.77. The number of carbonyl (C=O) groups is 1. The second-order valence-electron chi connectivity index (χ2n) is 3.76. The van der Waals surface area contributed by atoms with Gasteiger partial charge in [0.25, 0.3) is 0 Å². The Hall–Kier alpha value is -0.0500. The number of halogens is 1. The van der Waals surface area contributed by atoms with Crippen LogP contribution in [0, 0.1) is 5.41 Å². The molecule has 1 aliphatic carbocycles. The Morgan fingerprint density at radius 1 is 1.73 bits per heavy atom. The van der Waals surface area contributed by atoms with E-state index in [1.54, 1.807) is 0 Å². The number of fused-ring (bicyclic) bond motifs is 2. The minimum absolute atomic E-state index is 0.00412. The maximum atomic E-state index is 11.3. The Bertz CT molecular complexity index is 204. The molecular weight excluding hydrogens is 208 g/mol. The summed E-state index contributed by atoms with van der Waals surface area (Å²) in [6, 6.07) is 0. The second-order valence-corrected chi connectivity index (χ2v) is 4.94. The SMILES string of the molecule is CC12CCC(Br)C(C1)OC2=O. The zero-order valence-corrected chi connectivity index (χ0v) is 8.06. The van der Waals surface area contributed by atoms with Crippen LogP contribution < -0.4 is 0 Å². The molecule has 0 aromatic carbocycles. The monoisotopic (exact) mass is 218 g/mol. The third-order valence-corrected chi connectivity index (χ3v) is 3.83. The smallest absolute Gasteiger partial charge is 0.312 e. The van der Waals surface area contributed by atoms with E-state index >= 15 is 0 Å². The van der Waals surface area contributed by atoms with Crippen molar-refractivity contribution in [3.05, 3.63) is 0 Å². The number of carbonyl (C=O) groups excluding carboxylic acids is 1. The Labute approximate surface area is 74.4 Å². The highest BCUT2D eigenvalue weighted by atomic mass is 79.9. The summed E-state index contributed by atoms with van der Waals surface area (Å²) in [5.41, 5.74) is -0.158. The van der Waals surface area contributed by atoms with Gasteiger partial charge in [0.2, 0.25) is 0 Å². The number of rotatable bonds is 0. The van der Waals surface area contributed by atoms with Gasteiger partial charge in [-0.15, -0.1) is 0 Å². The topological polar surface area (TPSA) is 26.3 Å². The van der Waals surface area contributed by atoms with Gasteiger partial charge in [-0.3, -0.25) is 4.79 Å². The third kappa shape index (κ3) is 1.01. The molecule has 1 aliphatic heterocycles. The Balaban J connectivity index is 2.24. The Morgan fingerprint density at radius 3 is 3.09 bits per heavy atom. The highest BCUT2D eigenvalue weighted by Gasteiger charge is 2.50. The zero-order chi connectivity index (χ0) is 8.06. The van der Waals surface area contributed by atoms with Gasteiger partial charge in [-0.2, -0.15) is 0 Å². The van der Waals surface area contributed by atoms with E-state index < -0.39 is 0 Å². The van der Waals surface area contributed by atoms with Gasteiger partial charge >= 0.3 is 5.97 Å². The van der Waals surface area contributed by atoms with Gasteiger partial charge in [-0.1, -0.05) is 15.9 Å². The number of hydrogen-bond donors (Lipinski definition) is 0. The summed E-state index contributed by atoms with van der Waals surface area (Å²) in [6.07, 6.45) is 3.08. The zero-order valence-electron chi connectivity index (χ0n) is 6.47. The van der Waals surface area contributed by atoms with Crippen LogP contribution in [0.25, 0.3) is 0 Å². The lowest BCUT2D eigenvalue weighted by Gasteiger charge is -2.26. The molecule has 2 rings (SSSR count). The lowest BCUT2D eigenvalue weighted by Crippen LogP contribution is -2.29. The van der Waals surface area contributed by atoms with Crippen LogP contribution >= 0.6 is 15.9 Å². The predicted molar refractivity (Wildman–Crippen MR) is 44.6 cm³/mol. The van der Waals surface area contributed by atoms with E-state index in [0.717, 1.165) is 19.3 Å². The standard InChI is InChI=1S/C8H11BrO2/c1-8-3-2-5(9)6(4-8)11-7(8)10/h5-6H,2-4H2,1H3. The average Bonchev–Trinajstić information content (AvgIpc) is 2.20. The minimum Gasteiger partial charge on any atom is -0.461 e. The number of hydrogen-bond acceptors (Lipinski definition) is 2. The van der Waals surface area contributed by atoms with Crippen molar-refractivity contribution in [2.75, 3.05) is 0 Å². The molecule has 1 heterocycles. The fourth-order valence-corrected chi connectivity index (χ4v) is 2.42. The first-order valence-electron chi connectivity index (χ1n) is 3.97. The highest BCUT2D eigenvalue weighted by Crippen LogP contribution is 2.46. The third-order valence-electron chi connectivity index (χ3n) is 2.78. The summed E-state index contributed by atoms with van der Waals surface area (Å²) >= 11 is 3.52. The number of alkyl halides is 1. The first-order chi connectivity index (χ1) is 5.12. The van der Waals surface area contributed by atoms with Crippen molar-refractivity contribution >= 4 is 21.9 Å². The molecule has 0 radical (unpaired) electrons. The summed E-state index contributed by atoms with van der Waals surface area (Å²) in [6.45, 7) is 2.01. The van der Waals surface area contributed by atoms with Crippen molar-refractivity contribution in [1.82, 2.24) is 0 Å². The van der Waals surface area contributed by atoms with E-state index in [1.807, 2.05) is 6.92 Å². The van der Waals surface area contributed by atoms with Crippen LogP contribution in [0.4, 0.5) is 0 Å². The molecule has 11 heavy (non-hydrogen) atoms. The molecule has 0 amide bonds. The van der Waals surface area contributed by atoms with Gasteiger partial charge in [0.1, 0.15) is 6.10 Å². The van der Waals surface area contributed by atoms with Crippen molar-refractivity contribution < 1.29 is 9.53 Å². The van der Waals surface area contributed by atoms with Crippen LogP contribution in [0.3, 0.4) is 0 Å². The van der Waals surface area contributed by atoms with E-state index in [4.69, 9.17) is 4.74 Å². The molecule has 0 N–H and O–H groups in total. The lowest BCUT2D eigenvalue weighted by molar-refractivity contribution is -0.147. The molecule has 2 aliphatic rings. The Kier molecular flexibility index (Phi) is 1.53. The molecule has 2 nitrogen and oxygen atoms in total. The normalized spacial score (nSPS) is 49.1. The van der Waals surface area contributed by atoms with Gasteiger partial charge < -0.3 is 4.74 Å². The summed E-state index contributed by atoms with van der Waals surface area (Å²) in [7, 11) is 0. The van der Waals surface area contributed by atoms with Crippen LogP contribution in [-0.4, -0.2) is 16.9 Å². The van der Waals surface area contributed by atoms with Gasteiger partial charge in [-0.25, -0.2) is 0 Å². The van der Waals surface area contributed by atoms with Crippen molar-refractivity contribution in [3.63, 3.8) is 0 Å². The first-order valence-corrected chi connectivity index (χ1v) is 4.88. The van der Waals surface area contributed by atoms with Gasteiger partial charge in [0, 0.05) is 6.42 Å². The quantitative estimate of drug-likeness (QED) is 0.459. The van der Waals surface area contributed by atoms with Crippen molar-refractivity contribution in [3.8, 4) is 0 Å². The van der Waals surface area contributed by atoms with Crippen LogP contribution in [0.15, 0.2) is 0 Å². The van der Waals surface area contributed by atoms with Crippen LogP contribution in [0.5, 0.6) is 0 Å². The van der Waals surface area contributed by atoms with Crippen molar-refractivity contribution in [2.24, 2.45) is 5.41 Å². The van der Waals surface area contributed by atoms with E-state index in [-0.39, 0.29) is 17.5 Å². The summed E-state index contributed by atoms with van der Waals surface area (Å²) in [5, 5.41) is 0. The molecule has 0 aromatic heterocycles. The molecular formula is C8H11BrO2. The molecule has 0 aromatic rings. The Morgan fingerprint density at radius 2 is 2.45 bits per heavy atom. The average molecular weight is 219 g/mol. The molecule has 3 unspecified atom stereocenters. The van der Waals surface area contributed by atoms with Gasteiger partial charge in [0.05, 0.1) is 10.2 Å². The summed E-state index contributed by atoms with van der Waals surface area (Å²) in [5.74, 6) is 0.00412. The molecule has 0 spiro atoms. The maximum absolute atomic E-state index is 11.3. The fourth-order valence-electron chi connectivity index (χ4n) is 1.90. The molecule has 3 atom stereocenters. The van der Waals surface area contributed by atoms with E-state index in [2.05, 4.69) is 15.9 Å². The summed E-state index contributed by atoms with van der Waals surface area (Å²) in [4.78, 5) is 11.7. The predicted octanol–water partition coefficient (Wildman–Crippen LogP) is 1.87. The van der Waals surface area contributed by atoms with Crippen LogP contribution in [-0.2, 0) is 9.53 Å². The van der Waals surface area contributed by atoms with Crippen molar-refractivity contribution in [2.45, 2.75) is 37.1 Å². The number of ether oxygens (including phenoxy) is 1. The molecule has 2 fully saturated rings. The molecule has 62 valence electrons. The highest BCUT2D eigenvalue weighted by molar-refractivity contribution is 9.09. The minimum atomic E-state index is -0.158. The van der Waals surface area contributed by atoms with E-state index in [0.29, 0.717) is 4.83 Å². The van der Waals surface area contributed by atoms with E-state index in [1.165, 1.54) is 0 Å². The van der Waals surface area contributed by atoms with Crippen molar-refractivity contribution in [1.29, 1.82) is 0 Å². The fraction of sp³-hybridized carbons (Fsp3) is 0.875. The van der Waals surface area contributed by atoms with Gasteiger partial charge in [0.15, 0.2) is 0 Å². The molecule has 1 saturated heterocycles. The number of esters is 1. The second kappa shape index (κ2) is 2.22. The molecule has 2 bridgehead atoms. The first kappa shape index (κ1) is 7.59. The molecule has 1 saturated carbocycles. The molecule has 3 heteroatoms. The maximum Gasteiger partial charge on any atom is 0.312 e. The van der Waals surface area contributed by atoms with Gasteiger partial charge in [-0.05, 0) is 19.8 Å². The summed E-state index contributed by atoms with van der Waals surface area (Å²) < 4.78 is 5.21. The largest absolute Gasteiger partial charge is 0.461 e. The van der Waals surface area contributed by atoms with E-state index in [9.17, 15) is 4.79 Å². The van der Waals surface area contributed by atoms with Crippen LogP contribution in [0.1, 0.15) is 26.2 Å².